The Balaban J connectivity index is 2.00. The minimum Gasteiger partial charge on any atom is -0.383 e. The summed E-state index contributed by atoms with van der Waals surface area (Å²) in [7, 11) is 1.62. The molecule has 0 saturated carbocycles. The summed E-state index contributed by atoms with van der Waals surface area (Å²) in [5.41, 5.74) is -0.0608. The smallest absolute Gasteiger partial charge is 0.345 e. The van der Waals surface area contributed by atoms with Crippen molar-refractivity contribution in [2.75, 3.05) is 39.9 Å². The van der Waals surface area contributed by atoms with Crippen molar-refractivity contribution in [3.8, 4) is 0 Å². The fourth-order valence-corrected chi connectivity index (χ4v) is 3.19. The molecule has 24 heavy (non-hydrogen) atoms. The van der Waals surface area contributed by atoms with E-state index in [1.54, 1.807) is 11.7 Å². The topological polar surface area (TPSA) is 81.4 Å². The van der Waals surface area contributed by atoms with E-state index in [9.17, 15) is 9.59 Å². The summed E-state index contributed by atoms with van der Waals surface area (Å²) in [5.74, 6) is 1.22. The summed E-state index contributed by atoms with van der Waals surface area (Å²) >= 11 is 0. The number of carbonyl (C=O) groups is 1. The van der Waals surface area contributed by atoms with Crippen molar-refractivity contribution in [2.45, 2.75) is 45.7 Å². The lowest BCUT2D eigenvalue weighted by Crippen LogP contribution is -2.41. The molecule has 136 valence electrons. The maximum atomic E-state index is 12.4. The van der Waals surface area contributed by atoms with Crippen molar-refractivity contribution in [3.63, 3.8) is 0 Å². The van der Waals surface area contributed by atoms with Gasteiger partial charge in [-0.3, -0.25) is 14.3 Å². The average molecular weight is 339 g/mol. The van der Waals surface area contributed by atoms with Crippen LogP contribution >= 0.6 is 0 Å². The van der Waals surface area contributed by atoms with Gasteiger partial charge in [0, 0.05) is 26.1 Å². The number of likely N-dealkylation sites (N-methyl/N-ethyl adjacent to an activating group) is 1. The second-order valence-electron chi connectivity index (χ2n) is 6.10. The van der Waals surface area contributed by atoms with Gasteiger partial charge in [0.05, 0.1) is 19.7 Å². The largest absolute Gasteiger partial charge is 0.383 e. The number of hydrogen-bond donors (Lipinski definition) is 1. The van der Waals surface area contributed by atoms with Gasteiger partial charge in [-0.15, -0.1) is 0 Å². The Morgan fingerprint density at radius 2 is 2.04 bits per heavy atom. The molecule has 0 radical (unpaired) electrons. The number of carbonyl (C=O) groups excluding carboxylic acids is 1. The lowest BCUT2D eigenvalue weighted by molar-refractivity contribution is -0.122. The van der Waals surface area contributed by atoms with Crippen LogP contribution in [0.3, 0.4) is 0 Å². The van der Waals surface area contributed by atoms with Crippen LogP contribution in [0.2, 0.25) is 0 Å². The second-order valence-corrected chi connectivity index (χ2v) is 6.10. The number of methoxy groups -OCH3 is 1. The molecule has 0 aliphatic carbocycles. The van der Waals surface area contributed by atoms with Crippen molar-refractivity contribution in [1.82, 2.24) is 24.6 Å². The Bertz CT molecular complexity index is 587. The zero-order chi connectivity index (χ0) is 17.5. The molecule has 1 aromatic rings. The van der Waals surface area contributed by atoms with Crippen LogP contribution in [0.1, 0.15) is 38.4 Å². The lowest BCUT2D eigenvalue weighted by Gasteiger charge is -2.30. The number of likely N-dealkylation sites (tertiary alicyclic amines) is 1. The zero-order valence-corrected chi connectivity index (χ0v) is 15.0. The summed E-state index contributed by atoms with van der Waals surface area (Å²) < 4.78 is 8.31. The van der Waals surface area contributed by atoms with Gasteiger partial charge in [0.2, 0.25) is 5.91 Å². The van der Waals surface area contributed by atoms with Crippen molar-refractivity contribution in [2.24, 2.45) is 0 Å². The first-order valence-corrected chi connectivity index (χ1v) is 8.76. The molecule has 0 atom stereocenters. The van der Waals surface area contributed by atoms with E-state index in [1.807, 2.05) is 13.8 Å². The number of ether oxygens (including phenoxy) is 1. The molecule has 1 saturated heterocycles. The maximum absolute atomic E-state index is 12.4. The summed E-state index contributed by atoms with van der Waals surface area (Å²) in [5, 5.41) is 7.38. The summed E-state index contributed by atoms with van der Waals surface area (Å²) in [6.45, 7) is 8.29. The minimum absolute atomic E-state index is 0.0608. The normalized spacial score (nSPS) is 16.5. The Morgan fingerprint density at radius 1 is 1.33 bits per heavy atom. The molecule has 8 nitrogen and oxygen atoms in total. The highest BCUT2D eigenvalue weighted by Crippen LogP contribution is 2.26. The van der Waals surface area contributed by atoms with E-state index in [0.29, 0.717) is 32.8 Å². The van der Waals surface area contributed by atoms with Crippen LogP contribution in [-0.2, 0) is 22.6 Å². The first kappa shape index (κ1) is 18.7. The number of hydrogen-bond acceptors (Lipinski definition) is 5. The van der Waals surface area contributed by atoms with Gasteiger partial charge >= 0.3 is 5.69 Å². The predicted molar refractivity (Wildman–Crippen MR) is 91.1 cm³/mol. The first-order chi connectivity index (χ1) is 11.6. The van der Waals surface area contributed by atoms with Crippen LogP contribution in [0, 0.1) is 0 Å². The second kappa shape index (κ2) is 8.98. The molecular weight excluding hydrogens is 310 g/mol. The third-order valence-corrected chi connectivity index (χ3v) is 4.47. The zero-order valence-electron chi connectivity index (χ0n) is 15.0. The quantitative estimate of drug-likeness (QED) is 0.722. The number of aromatic nitrogens is 3. The molecule has 8 heteroatoms. The monoisotopic (exact) mass is 339 g/mol. The molecule has 2 heterocycles. The molecule has 0 bridgehead atoms. The highest BCUT2D eigenvalue weighted by Gasteiger charge is 2.27. The van der Waals surface area contributed by atoms with Crippen molar-refractivity contribution in [1.29, 1.82) is 0 Å². The van der Waals surface area contributed by atoms with Gasteiger partial charge in [0.15, 0.2) is 0 Å². The van der Waals surface area contributed by atoms with E-state index in [0.717, 1.165) is 31.8 Å². The third kappa shape index (κ3) is 4.45. The number of nitrogens with one attached hydrogen (secondary N) is 1. The fraction of sp³-hybridized carbons (Fsp3) is 0.812. The van der Waals surface area contributed by atoms with Crippen LogP contribution in [0.5, 0.6) is 0 Å². The molecule has 0 spiro atoms. The van der Waals surface area contributed by atoms with Crippen LogP contribution in [0.25, 0.3) is 0 Å². The Kier molecular flexibility index (Phi) is 6.99. The van der Waals surface area contributed by atoms with Crippen molar-refractivity contribution < 1.29 is 9.53 Å². The van der Waals surface area contributed by atoms with Crippen LogP contribution in [-0.4, -0.2) is 65.1 Å². The average Bonchev–Trinajstić information content (AvgIpc) is 2.89. The van der Waals surface area contributed by atoms with Crippen molar-refractivity contribution >= 4 is 5.91 Å². The summed E-state index contributed by atoms with van der Waals surface area (Å²) in [6, 6.07) is 0. The third-order valence-electron chi connectivity index (χ3n) is 4.47. The lowest BCUT2D eigenvalue weighted by atomic mass is 9.96. The standard InChI is InChI=1S/C16H29N5O3/c1-4-17-14(22)12-19-8-6-13(7-9-19)15-18-21(10-11-24-3)16(23)20(15)5-2/h13H,4-12H2,1-3H3,(H,17,22). The van der Waals surface area contributed by atoms with Gasteiger partial charge in [-0.1, -0.05) is 0 Å². The van der Waals surface area contributed by atoms with E-state index in [1.165, 1.54) is 4.68 Å². The van der Waals surface area contributed by atoms with Gasteiger partial charge in [-0.2, -0.15) is 5.10 Å². The first-order valence-electron chi connectivity index (χ1n) is 8.76. The molecule has 1 amide bonds. The number of nitrogens with zero attached hydrogens (tertiary/aromatic N) is 4. The van der Waals surface area contributed by atoms with Gasteiger partial charge < -0.3 is 10.1 Å². The van der Waals surface area contributed by atoms with Crippen molar-refractivity contribution in [3.05, 3.63) is 16.3 Å². The van der Waals surface area contributed by atoms with E-state index in [-0.39, 0.29) is 17.5 Å². The van der Waals surface area contributed by atoms with Gasteiger partial charge in [-0.05, 0) is 39.8 Å². The summed E-state index contributed by atoms with van der Waals surface area (Å²) in [4.78, 5) is 26.2. The highest BCUT2D eigenvalue weighted by atomic mass is 16.5. The molecule has 1 fully saturated rings. The van der Waals surface area contributed by atoms with E-state index >= 15 is 0 Å². The van der Waals surface area contributed by atoms with Crippen LogP contribution in [0.4, 0.5) is 0 Å². The predicted octanol–water partition coefficient (Wildman–Crippen LogP) is 0.0266. The molecule has 1 N–H and O–H groups in total. The molecule has 1 aliphatic rings. The van der Waals surface area contributed by atoms with Gasteiger partial charge in [0.1, 0.15) is 5.82 Å². The van der Waals surface area contributed by atoms with Gasteiger partial charge in [-0.25, -0.2) is 9.48 Å². The summed E-state index contributed by atoms with van der Waals surface area (Å²) in [6.07, 6.45) is 1.83. The Hall–Kier alpha value is -1.67. The molecule has 2 rings (SSSR count). The Labute approximate surface area is 142 Å². The molecule has 1 aromatic heterocycles. The molecular formula is C16H29N5O3. The Morgan fingerprint density at radius 3 is 2.62 bits per heavy atom. The molecule has 0 unspecified atom stereocenters. The van der Waals surface area contributed by atoms with Gasteiger partial charge in [0.25, 0.3) is 0 Å². The number of rotatable bonds is 8. The van der Waals surface area contributed by atoms with E-state index in [4.69, 9.17) is 4.74 Å². The van der Waals surface area contributed by atoms with Crippen LogP contribution in [0.15, 0.2) is 4.79 Å². The highest BCUT2D eigenvalue weighted by molar-refractivity contribution is 5.77. The van der Waals surface area contributed by atoms with E-state index in [2.05, 4.69) is 15.3 Å². The number of piperidine rings is 1. The maximum Gasteiger partial charge on any atom is 0.345 e. The molecule has 0 aromatic carbocycles. The minimum atomic E-state index is -0.0608. The SMILES string of the molecule is CCNC(=O)CN1CCC(c2nn(CCOC)c(=O)n2CC)CC1. The van der Waals surface area contributed by atoms with Crippen LogP contribution < -0.4 is 11.0 Å². The van der Waals surface area contributed by atoms with E-state index < -0.39 is 0 Å². The molecule has 1 aliphatic heterocycles. The fourth-order valence-electron chi connectivity index (χ4n) is 3.19. The number of amides is 1.